The Labute approximate surface area is 159 Å². The molecule has 0 aromatic carbocycles. The molecule has 6 heteroatoms. The van der Waals surface area contributed by atoms with Gasteiger partial charge in [0.2, 0.25) is 0 Å². The number of methoxy groups -OCH3 is 2. The first-order chi connectivity index (χ1) is 12.9. The molecular weight excluding hydrogens is 348 g/mol. The Morgan fingerprint density at radius 1 is 1.04 bits per heavy atom. The topological polar surface area (TPSA) is 78.9 Å². The lowest BCUT2D eigenvalue weighted by molar-refractivity contribution is -0.169. The summed E-state index contributed by atoms with van der Waals surface area (Å²) in [5.74, 6) is -1.99. The van der Waals surface area contributed by atoms with E-state index in [1.807, 2.05) is 6.08 Å². The van der Waals surface area contributed by atoms with Gasteiger partial charge in [0, 0.05) is 12.8 Å². The summed E-state index contributed by atoms with van der Waals surface area (Å²) in [5, 5.41) is 0. The molecule has 0 heterocycles. The van der Waals surface area contributed by atoms with Crippen LogP contribution in [0.15, 0.2) is 23.8 Å². The Balaban J connectivity index is 2.17. The van der Waals surface area contributed by atoms with E-state index in [0.29, 0.717) is 19.3 Å². The smallest absolute Gasteiger partial charge is 0.327 e. The van der Waals surface area contributed by atoms with Crippen molar-refractivity contribution in [1.82, 2.24) is 0 Å². The number of carbonyl (C=O) groups is 3. The number of esters is 3. The zero-order valence-corrected chi connectivity index (χ0v) is 16.3. The van der Waals surface area contributed by atoms with Crippen LogP contribution >= 0.6 is 0 Å². The van der Waals surface area contributed by atoms with Gasteiger partial charge in [0.05, 0.1) is 14.2 Å². The van der Waals surface area contributed by atoms with Crippen LogP contribution < -0.4 is 0 Å². The van der Waals surface area contributed by atoms with E-state index in [1.165, 1.54) is 21.1 Å². The summed E-state index contributed by atoms with van der Waals surface area (Å²) in [6.07, 6.45) is 11.6. The van der Waals surface area contributed by atoms with Crippen molar-refractivity contribution in [1.29, 1.82) is 0 Å². The van der Waals surface area contributed by atoms with Gasteiger partial charge in [0.1, 0.15) is 5.60 Å². The number of carbonyl (C=O) groups excluding carboxylic acids is 3. The van der Waals surface area contributed by atoms with Crippen molar-refractivity contribution < 1.29 is 28.6 Å². The minimum Gasteiger partial charge on any atom is -0.468 e. The van der Waals surface area contributed by atoms with Crippen LogP contribution in [-0.2, 0) is 28.6 Å². The minimum absolute atomic E-state index is 0.144. The van der Waals surface area contributed by atoms with E-state index >= 15 is 0 Å². The average Bonchev–Trinajstić information content (AvgIpc) is 3.04. The maximum atomic E-state index is 12.8. The Morgan fingerprint density at radius 2 is 1.67 bits per heavy atom. The summed E-state index contributed by atoms with van der Waals surface area (Å²) in [6.45, 7) is 1.41. The van der Waals surface area contributed by atoms with E-state index < -0.39 is 23.0 Å². The number of hydrogen-bond acceptors (Lipinski definition) is 6. The highest BCUT2D eigenvalue weighted by Gasteiger charge is 2.62. The number of allylic oxidation sites excluding steroid dienone is 2. The molecule has 27 heavy (non-hydrogen) atoms. The molecule has 0 radical (unpaired) electrons. The summed E-state index contributed by atoms with van der Waals surface area (Å²) in [6, 6.07) is 0. The minimum atomic E-state index is -1.49. The van der Waals surface area contributed by atoms with Gasteiger partial charge in [-0.15, -0.1) is 0 Å². The van der Waals surface area contributed by atoms with Crippen molar-refractivity contribution in [3.05, 3.63) is 23.8 Å². The van der Waals surface area contributed by atoms with Crippen LogP contribution in [0.3, 0.4) is 0 Å². The van der Waals surface area contributed by atoms with Crippen molar-refractivity contribution in [2.75, 3.05) is 14.2 Å². The fourth-order valence-electron chi connectivity index (χ4n) is 5.24. The van der Waals surface area contributed by atoms with E-state index in [-0.39, 0.29) is 17.8 Å². The van der Waals surface area contributed by atoms with Crippen molar-refractivity contribution >= 4 is 17.9 Å². The van der Waals surface area contributed by atoms with Gasteiger partial charge in [-0.2, -0.15) is 0 Å². The molecular formula is C21H28O6. The van der Waals surface area contributed by atoms with Gasteiger partial charge in [0.15, 0.2) is 5.41 Å². The summed E-state index contributed by atoms with van der Waals surface area (Å²) < 4.78 is 16.0. The SMILES string of the molecule is COC(=O)C1(C(=O)OC)C=C(C2(OC(C)=O)CCCCC2)[C@H]2C=CCC[C@H]21. The maximum absolute atomic E-state index is 12.8. The zero-order valence-electron chi connectivity index (χ0n) is 16.3. The molecule has 1 saturated carbocycles. The van der Waals surface area contributed by atoms with Crippen LogP contribution in [0.5, 0.6) is 0 Å². The van der Waals surface area contributed by atoms with Gasteiger partial charge in [-0.25, -0.2) is 0 Å². The summed E-state index contributed by atoms with van der Waals surface area (Å²) in [5.41, 5.74) is -1.40. The predicted octanol–water partition coefficient (Wildman–Crippen LogP) is 3.11. The van der Waals surface area contributed by atoms with E-state index in [2.05, 4.69) is 6.08 Å². The van der Waals surface area contributed by atoms with Crippen LogP contribution in [0.4, 0.5) is 0 Å². The Morgan fingerprint density at radius 3 is 2.22 bits per heavy atom. The molecule has 3 aliphatic rings. The lowest BCUT2D eigenvalue weighted by Crippen LogP contribution is -2.46. The number of ether oxygens (including phenoxy) is 3. The molecule has 0 N–H and O–H groups in total. The molecule has 0 amide bonds. The van der Waals surface area contributed by atoms with Gasteiger partial charge in [0.25, 0.3) is 0 Å². The summed E-state index contributed by atoms with van der Waals surface area (Å²) >= 11 is 0. The molecule has 0 saturated heterocycles. The average molecular weight is 376 g/mol. The molecule has 3 rings (SSSR count). The quantitative estimate of drug-likeness (QED) is 0.325. The van der Waals surface area contributed by atoms with E-state index in [4.69, 9.17) is 14.2 Å². The molecule has 2 atom stereocenters. The number of rotatable bonds is 4. The zero-order chi connectivity index (χ0) is 19.7. The summed E-state index contributed by atoms with van der Waals surface area (Å²) in [7, 11) is 2.57. The highest BCUT2D eigenvalue weighted by atomic mass is 16.6. The molecule has 0 aromatic rings. The predicted molar refractivity (Wildman–Crippen MR) is 97.5 cm³/mol. The molecule has 0 bridgehead atoms. The highest BCUT2D eigenvalue weighted by Crippen LogP contribution is 2.57. The van der Waals surface area contributed by atoms with Gasteiger partial charge >= 0.3 is 17.9 Å². The van der Waals surface area contributed by atoms with Gasteiger partial charge in [-0.3, -0.25) is 14.4 Å². The standard InChI is InChI=1S/C21H28O6/c1-14(22)27-20(11-7-4-8-12-20)17-13-21(18(23)25-2,19(24)26-3)16-10-6-5-9-15(16)17/h5,9,13,15-16H,4,6-8,10-12H2,1-3H3/t15-,16+/m0/s1. The summed E-state index contributed by atoms with van der Waals surface area (Å²) in [4.78, 5) is 37.6. The van der Waals surface area contributed by atoms with Gasteiger partial charge < -0.3 is 14.2 Å². The first kappa shape index (κ1) is 19.6. The van der Waals surface area contributed by atoms with E-state index in [0.717, 1.165) is 31.3 Å². The molecule has 6 nitrogen and oxygen atoms in total. The normalized spacial score (nSPS) is 27.9. The molecule has 1 fully saturated rings. The van der Waals surface area contributed by atoms with Crippen molar-refractivity contribution in [3.8, 4) is 0 Å². The first-order valence-electron chi connectivity index (χ1n) is 9.67. The largest absolute Gasteiger partial charge is 0.468 e. The van der Waals surface area contributed by atoms with E-state index in [9.17, 15) is 14.4 Å². The maximum Gasteiger partial charge on any atom is 0.327 e. The Hall–Kier alpha value is -2.11. The van der Waals surface area contributed by atoms with E-state index in [1.54, 1.807) is 6.08 Å². The monoisotopic (exact) mass is 376 g/mol. The Kier molecular flexibility index (Phi) is 5.45. The van der Waals surface area contributed by atoms with Crippen LogP contribution in [0.1, 0.15) is 51.9 Å². The van der Waals surface area contributed by atoms with Crippen molar-refractivity contribution in [2.24, 2.45) is 17.3 Å². The molecule has 0 spiro atoms. The first-order valence-corrected chi connectivity index (χ1v) is 9.67. The lowest BCUT2D eigenvalue weighted by atomic mass is 9.68. The Bertz CT molecular complexity index is 667. The molecule has 0 unspecified atom stereocenters. The molecule has 148 valence electrons. The van der Waals surface area contributed by atoms with Gasteiger partial charge in [-0.1, -0.05) is 24.6 Å². The fourth-order valence-corrected chi connectivity index (χ4v) is 5.24. The lowest BCUT2D eigenvalue weighted by Gasteiger charge is -2.41. The number of fused-ring (bicyclic) bond motifs is 1. The number of hydrogen-bond donors (Lipinski definition) is 0. The third kappa shape index (κ3) is 3.09. The molecule has 0 aromatic heterocycles. The molecule has 3 aliphatic carbocycles. The third-order valence-corrected chi connectivity index (χ3v) is 6.32. The van der Waals surface area contributed by atoms with Gasteiger partial charge in [-0.05, 0) is 50.0 Å². The fraction of sp³-hybridized carbons (Fsp3) is 0.667. The second-order valence-corrected chi connectivity index (χ2v) is 7.74. The van der Waals surface area contributed by atoms with Crippen LogP contribution in [0.25, 0.3) is 0 Å². The van der Waals surface area contributed by atoms with Crippen molar-refractivity contribution in [2.45, 2.75) is 57.5 Å². The van der Waals surface area contributed by atoms with Crippen LogP contribution in [-0.4, -0.2) is 37.7 Å². The van der Waals surface area contributed by atoms with Crippen LogP contribution in [0.2, 0.25) is 0 Å². The van der Waals surface area contributed by atoms with Crippen molar-refractivity contribution in [3.63, 3.8) is 0 Å². The molecule has 0 aliphatic heterocycles. The highest BCUT2D eigenvalue weighted by molar-refractivity contribution is 6.03. The third-order valence-electron chi connectivity index (χ3n) is 6.32. The second kappa shape index (κ2) is 7.49. The second-order valence-electron chi connectivity index (χ2n) is 7.74. The van der Waals surface area contributed by atoms with Crippen LogP contribution in [0, 0.1) is 17.3 Å².